The zero-order valence-electron chi connectivity index (χ0n) is 17.0. The molecule has 4 heteroatoms. The van der Waals surface area contributed by atoms with E-state index in [2.05, 4.69) is 23.1 Å². The molecule has 0 bridgehead atoms. The molecule has 5 rings (SSSR count). The van der Waals surface area contributed by atoms with Crippen LogP contribution in [0.3, 0.4) is 0 Å². The van der Waals surface area contributed by atoms with Crippen LogP contribution < -0.4 is 9.64 Å². The number of Topliss-reactive ketones (excluding diaryl/α,β-unsaturated/α-hetero) is 2. The number of fused-ring (bicyclic) bond motifs is 2. The van der Waals surface area contributed by atoms with E-state index in [1.807, 2.05) is 13.0 Å². The van der Waals surface area contributed by atoms with E-state index >= 15 is 0 Å². The van der Waals surface area contributed by atoms with E-state index in [0.29, 0.717) is 16.9 Å². The number of benzene rings is 2. The summed E-state index contributed by atoms with van der Waals surface area (Å²) < 4.78 is 6.13. The summed E-state index contributed by atoms with van der Waals surface area (Å²) in [4.78, 5) is 27.6. The second kappa shape index (κ2) is 7.45. The first-order valence-corrected chi connectivity index (χ1v) is 10.5. The van der Waals surface area contributed by atoms with Crippen molar-refractivity contribution in [1.29, 1.82) is 0 Å². The average Bonchev–Trinajstić information content (AvgIpc) is 3.02. The molecule has 0 aromatic heterocycles. The maximum atomic E-state index is 12.6. The molecule has 0 spiro atoms. The molecule has 1 saturated heterocycles. The molecule has 0 atom stereocenters. The Morgan fingerprint density at radius 2 is 1.57 bits per heavy atom. The van der Waals surface area contributed by atoms with Crippen molar-refractivity contribution in [1.82, 2.24) is 0 Å². The summed E-state index contributed by atoms with van der Waals surface area (Å²) in [6.07, 6.45) is 8.99. The number of ether oxygens (including phenoxy) is 1. The fourth-order valence-corrected chi connectivity index (χ4v) is 4.39. The van der Waals surface area contributed by atoms with Gasteiger partial charge in [0.25, 0.3) is 0 Å². The van der Waals surface area contributed by atoms with Crippen molar-refractivity contribution in [2.24, 2.45) is 0 Å². The van der Waals surface area contributed by atoms with Gasteiger partial charge in [0.15, 0.2) is 11.6 Å². The monoisotopic (exact) mass is 397 g/mol. The van der Waals surface area contributed by atoms with Gasteiger partial charge >= 0.3 is 0 Å². The molecule has 0 amide bonds. The Morgan fingerprint density at radius 3 is 2.27 bits per heavy atom. The van der Waals surface area contributed by atoms with E-state index in [9.17, 15) is 9.59 Å². The minimum absolute atomic E-state index is 0.186. The molecule has 0 saturated carbocycles. The third-order valence-corrected chi connectivity index (χ3v) is 6.02. The van der Waals surface area contributed by atoms with Gasteiger partial charge in [0.2, 0.25) is 0 Å². The first kappa shape index (κ1) is 18.6. The molecule has 1 aliphatic carbocycles. The van der Waals surface area contributed by atoms with E-state index in [0.717, 1.165) is 30.0 Å². The molecule has 2 heterocycles. The molecule has 1 fully saturated rings. The van der Waals surface area contributed by atoms with E-state index in [1.54, 1.807) is 36.4 Å². The molecule has 4 nitrogen and oxygen atoms in total. The first-order valence-electron chi connectivity index (χ1n) is 10.5. The van der Waals surface area contributed by atoms with Crippen molar-refractivity contribution in [3.8, 4) is 5.75 Å². The summed E-state index contributed by atoms with van der Waals surface area (Å²) in [6.45, 7) is 4.20. The molecule has 2 aromatic carbocycles. The summed E-state index contributed by atoms with van der Waals surface area (Å²) in [6, 6.07) is 13.3. The summed E-state index contributed by atoms with van der Waals surface area (Å²) in [5.74, 6) is 0.989. The van der Waals surface area contributed by atoms with Gasteiger partial charge in [-0.15, -0.1) is 0 Å². The van der Waals surface area contributed by atoms with Crippen LogP contribution in [0.15, 0.2) is 72.0 Å². The van der Waals surface area contributed by atoms with Gasteiger partial charge in [-0.2, -0.15) is 0 Å². The van der Waals surface area contributed by atoms with Gasteiger partial charge in [-0.3, -0.25) is 9.59 Å². The minimum atomic E-state index is -0.225. The van der Waals surface area contributed by atoms with E-state index in [4.69, 9.17) is 4.74 Å². The normalized spacial score (nSPS) is 19.4. The van der Waals surface area contributed by atoms with Crippen LogP contribution in [0, 0.1) is 0 Å². The molecule has 30 heavy (non-hydrogen) atoms. The maximum absolute atomic E-state index is 12.6. The van der Waals surface area contributed by atoms with Crippen molar-refractivity contribution in [2.75, 3.05) is 18.0 Å². The lowest BCUT2D eigenvalue weighted by molar-refractivity contribution is 0.0989. The van der Waals surface area contributed by atoms with Crippen LogP contribution in [0.5, 0.6) is 5.75 Å². The number of hydrogen-bond acceptors (Lipinski definition) is 4. The standard InChI is InChI=1S/C26H23NO3/c1-17-15-19(10-12-23-25(28)21-7-3-4-8-22(21)26(23)29)30-24-16-18(9-11-20(17)24)27-13-5-2-6-14-27/h3-4,7-12,15-16H,2,5-6,13-14H2,1H3/b19-10-. The van der Waals surface area contributed by atoms with Crippen molar-refractivity contribution < 1.29 is 14.3 Å². The quantitative estimate of drug-likeness (QED) is 0.505. The van der Waals surface area contributed by atoms with Gasteiger partial charge in [-0.25, -0.2) is 0 Å². The molecular formula is C26H23NO3. The lowest BCUT2D eigenvalue weighted by atomic mass is 10.0. The fraction of sp³-hybridized carbons (Fsp3) is 0.231. The zero-order valence-corrected chi connectivity index (χ0v) is 17.0. The van der Waals surface area contributed by atoms with E-state index in [-0.39, 0.29) is 17.1 Å². The number of piperidine rings is 1. The molecule has 2 aliphatic heterocycles. The van der Waals surface area contributed by atoms with Crippen molar-refractivity contribution in [2.45, 2.75) is 26.2 Å². The highest BCUT2D eigenvalue weighted by atomic mass is 16.5. The SMILES string of the molecule is CC1=C/C(=C/C=C2C(=O)c3ccccc3C2=O)Oc2cc(N3CCCCC3)ccc21. The Morgan fingerprint density at radius 1 is 0.867 bits per heavy atom. The highest BCUT2D eigenvalue weighted by Crippen LogP contribution is 2.37. The smallest absolute Gasteiger partial charge is 0.197 e. The van der Waals surface area contributed by atoms with Crippen molar-refractivity contribution >= 4 is 22.8 Å². The van der Waals surface area contributed by atoms with Gasteiger partial charge in [-0.05, 0) is 62.1 Å². The van der Waals surface area contributed by atoms with Crippen LogP contribution in [0.4, 0.5) is 5.69 Å². The minimum Gasteiger partial charge on any atom is -0.457 e. The molecule has 3 aliphatic rings. The molecule has 0 unspecified atom stereocenters. The largest absolute Gasteiger partial charge is 0.457 e. The number of allylic oxidation sites excluding steroid dienone is 5. The Labute approximate surface area is 176 Å². The van der Waals surface area contributed by atoms with Gasteiger partial charge in [0.1, 0.15) is 11.5 Å². The highest BCUT2D eigenvalue weighted by molar-refractivity contribution is 6.39. The third kappa shape index (κ3) is 3.18. The summed E-state index contributed by atoms with van der Waals surface area (Å²) >= 11 is 0. The second-order valence-corrected chi connectivity index (χ2v) is 8.01. The molecule has 0 radical (unpaired) electrons. The van der Waals surface area contributed by atoms with Crippen LogP contribution >= 0.6 is 0 Å². The van der Waals surface area contributed by atoms with E-state index < -0.39 is 0 Å². The van der Waals surface area contributed by atoms with Gasteiger partial charge in [-0.1, -0.05) is 24.3 Å². The van der Waals surface area contributed by atoms with E-state index in [1.165, 1.54) is 24.9 Å². The first-order chi connectivity index (χ1) is 14.6. The highest BCUT2D eigenvalue weighted by Gasteiger charge is 2.32. The molecular weight excluding hydrogens is 374 g/mol. The topological polar surface area (TPSA) is 46.6 Å². The lowest BCUT2D eigenvalue weighted by Crippen LogP contribution is -2.29. The second-order valence-electron chi connectivity index (χ2n) is 8.01. The van der Waals surface area contributed by atoms with Gasteiger partial charge in [0, 0.05) is 41.5 Å². The number of hydrogen-bond donors (Lipinski definition) is 0. The predicted molar refractivity (Wildman–Crippen MR) is 118 cm³/mol. The molecule has 2 aromatic rings. The zero-order chi connectivity index (χ0) is 20.7. The van der Waals surface area contributed by atoms with Crippen LogP contribution in [0.2, 0.25) is 0 Å². The van der Waals surface area contributed by atoms with Gasteiger partial charge < -0.3 is 9.64 Å². The Hall–Kier alpha value is -3.40. The molecule has 150 valence electrons. The number of carbonyl (C=O) groups excluding carboxylic acids is 2. The van der Waals surface area contributed by atoms with Crippen molar-refractivity contribution in [3.05, 3.63) is 88.7 Å². The van der Waals surface area contributed by atoms with Gasteiger partial charge in [0.05, 0.1) is 5.57 Å². The summed E-state index contributed by atoms with van der Waals surface area (Å²) in [5, 5.41) is 0. The number of rotatable bonds is 2. The summed E-state index contributed by atoms with van der Waals surface area (Å²) in [5.41, 5.74) is 4.48. The number of carbonyl (C=O) groups is 2. The average molecular weight is 397 g/mol. The fourth-order valence-electron chi connectivity index (χ4n) is 4.39. The van der Waals surface area contributed by atoms with Crippen LogP contribution in [0.1, 0.15) is 52.5 Å². The van der Waals surface area contributed by atoms with Crippen LogP contribution in [0.25, 0.3) is 5.57 Å². The Kier molecular flexibility index (Phi) is 4.62. The number of anilines is 1. The predicted octanol–water partition coefficient (Wildman–Crippen LogP) is 5.36. The Balaban J connectivity index is 1.44. The van der Waals surface area contributed by atoms with Crippen LogP contribution in [-0.2, 0) is 0 Å². The third-order valence-electron chi connectivity index (χ3n) is 6.02. The Bertz CT molecular complexity index is 1110. The molecule has 0 N–H and O–H groups in total. The van der Waals surface area contributed by atoms with Crippen LogP contribution in [-0.4, -0.2) is 24.7 Å². The maximum Gasteiger partial charge on any atom is 0.197 e. The van der Waals surface area contributed by atoms with Crippen molar-refractivity contribution in [3.63, 3.8) is 0 Å². The summed E-state index contributed by atoms with van der Waals surface area (Å²) in [7, 11) is 0. The number of ketones is 2. The lowest BCUT2D eigenvalue weighted by Gasteiger charge is -2.30. The number of nitrogens with zero attached hydrogens (tertiary/aromatic N) is 1.